The lowest BCUT2D eigenvalue weighted by atomic mass is 10.2. The first-order chi connectivity index (χ1) is 8.40. The van der Waals surface area contributed by atoms with Crippen LogP contribution in [-0.2, 0) is 6.54 Å². The molecule has 1 aromatic carbocycles. The molecule has 0 fully saturated rings. The first-order valence-corrected chi connectivity index (χ1v) is 6.24. The molecule has 2 rings (SSSR count). The molecule has 3 heteroatoms. The van der Waals surface area contributed by atoms with Crippen molar-refractivity contribution in [1.29, 1.82) is 0 Å². The minimum Gasteiger partial charge on any atom is -0.481 e. The van der Waals surface area contributed by atoms with Crippen LogP contribution in [0.2, 0.25) is 0 Å². The largest absolute Gasteiger partial charge is 0.481 e. The maximum Gasteiger partial charge on any atom is 0.148 e. The molecular weight excluding hydrogens is 230 g/mol. The van der Waals surface area contributed by atoms with Crippen molar-refractivity contribution in [3.05, 3.63) is 46.7 Å². The fraction of sp³-hybridized carbons (Fsp3) is 0.143. The van der Waals surface area contributed by atoms with Gasteiger partial charge in [-0.05, 0) is 17.5 Å². The van der Waals surface area contributed by atoms with Gasteiger partial charge in [-0.15, -0.1) is 6.42 Å². The molecule has 0 saturated carbocycles. The molecule has 17 heavy (non-hydrogen) atoms. The molecule has 1 aromatic heterocycles. The third kappa shape index (κ3) is 3.27. The van der Waals surface area contributed by atoms with E-state index >= 15 is 0 Å². The van der Waals surface area contributed by atoms with Crippen LogP contribution in [0.3, 0.4) is 0 Å². The molecule has 0 radical (unpaired) electrons. The molecule has 0 saturated heterocycles. The van der Waals surface area contributed by atoms with Crippen LogP contribution in [0.4, 0.5) is 5.69 Å². The van der Waals surface area contributed by atoms with Gasteiger partial charge >= 0.3 is 0 Å². The minimum absolute atomic E-state index is 0.301. The Hall–Kier alpha value is -1.92. The second-order valence-corrected chi connectivity index (χ2v) is 4.25. The summed E-state index contributed by atoms with van der Waals surface area (Å²) in [6.45, 7) is 1.03. The Morgan fingerprint density at radius 1 is 1.29 bits per heavy atom. The topological polar surface area (TPSA) is 21.3 Å². The van der Waals surface area contributed by atoms with E-state index in [0.717, 1.165) is 23.5 Å². The van der Waals surface area contributed by atoms with Crippen molar-refractivity contribution >= 4 is 17.0 Å². The Balaban J connectivity index is 2.02. The zero-order valence-electron chi connectivity index (χ0n) is 9.35. The molecule has 1 heterocycles. The highest BCUT2D eigenvalue weighted by molar-refractivity contribution is 7.08. The van der Waals surface area contributed by atoms with E-state index < -0.39 is 0 Å². The molecule has 0 unspecified atom stereocenters. The zero-order valence-corrected chi connectivity index (χ0v) is 10.2. The quantitative estimate of drug-likeness (QED) is 0.813. The molecule has 0 aliphatic heterocycles. The normalized spacial score (nSPS) is 9.59. The molecular formula is C14H13NOS. The van der Waals surface area contributed by atoms with E-state index in [2.05, 4.69) is 22.7 Å². The van der Waals surface area contributed by atoms with Crippen LogP contribution in [0, 0.1) is 12.3 Å². The first kappa shape index (κ1) is 11.6. The standard InChI is InChI=1S/C14H13NOS/c1-2-8-16-14-6-4-3-5-12(14)10-15-13-7-9-17-11-13/h1,3-7,9,11,15H,8,10H2. The molecule has 0 amide bonds. The number of rotatable bonds is 5. The van der Waals surface area contributed by atoms with Crippen molar-refractivity contribution in [2.75, 3.05) is 11.9 Å². The number of ether oxygens (including phenoxy) is 1. The SMILES string of the molecule is C#CCOc1ccccc1CNc1ccsc1. The van der Waals surface area contributed by atoms with Gasteiger partial charge < -0.3 is 10.1 Å². The van der Waals surface area contributed by atoms with Gasteiger partial charge in [-0.1, -0.05) is 24.1 Å². The molecule has 0 spiro atoms. The third-order valence-corrected chi connectivity index (χ3v) is 2.97. The van der Waals surface area contributed by atoms with E-state index in [0.29, 0.717) is 6.61 Å². The monoisotopic (exact) mass is 243 g/mol. The number of nitrogens with one attached hydrogen (secondary N) is 1. The number of thiophene rings is 1. The molecule has 2 nitrogen and oxygen atoms in total. The van der Waals surface area contributed by atoms with Crippen molar-refractivity contribution < 1.29 is 4.74 Å². The van der Waals surface area contributed by atoms with Crippen LogP contribution in [0.25, 0.3) is 0 Å². The summed E-state index contributed by atoms with van der Waals surface area (Å²) in [6.07, 6.45) is 5.19. The lowest BCUT2D eigenvalue weighted by molar-refractivity contribution is 0.366. The van der Waals surface area contributed by atoms with Crippen molar-refractivity contribution in [2.45, 2.75) is 6.54 Å². The van der Waals surface area contributed by atoms with Gasteiger partial charge in [-0.3, -0.25) is 0 Å². The smallest absolute Gasteiger partial charge is 0.148 e. The zero-order chi connectivity index (χ0) is 11.9. The first-order valence-electron chi connectivity index (χ1n) is 5.30. The number of terminal acetylenes is 1. The van der Waals surface area contributed by atoms with E-state index in [1.165, 1.54) is 0 Å². The summed E-state index contributed by atoms with van der Waals surface area (Å²) in [7, 11) is 0. The van der Waals surface area contributed by atoms with Crippen molar-refractivity contribution in [2.24, 2.45) is 0 Å². The average molecular weight is 243 g/mol. The van der Waals surface area contributed by atoms with Gasteiger partial charge in [-0.25, -0.2) is 0 Å². The van der Waals surface area contributed by atoms with Gasteiger partial charge in [0.1, 0.15) is 12.4 Å². The second-order valence-electron chi connectivity index (χ2n) is 3.47. The number of hydrogen-bond donors (Lipinski definition) is 1. The lowest BCUT2D eigenvalue weighted by Gasteiger charge is -2.10. The summed E-state index contributed by atoms with van der Waals surface area (Å²) < 4.78 is 5.48. The maximum atomic E-state index is 5.48. The van der Waals surface area contributed by atoms with E-state index in [-0.39, 0.29) is 0 Å². The van der Waals surface area contributed by atoms with Crippen LogP contribution >= 0.6 is 11.3 Å². The maximum absolute atomic E-state index is 5.48. The Bertz CT molecular complexity index is 499. The minimum atomic E-state index is 0.301. The number of benzene rings is 1. The molecule has 2 aromatic rings. The second kappa shape index (κ2) is 5.97. The van der Waals surface area contributed by atoms with Crippen LogP contribution in [-0.4, -0.2) is 6.61 Å². The predicted molar refractivity (Wildman–Crippen MR) is 72.4 cm³/mol. The van der Waals surface area contributed by atoms with E-state index in [4.69, 9.17) is 11.2 Å². The van der Waals surface area contributed by atoms with E-state index in [1.54, 1.807) is 11.3 Å². The van der Waals surface area contributed by atoms with Gasteiger partial charge in [0.05, 0.1) is 0 Å². The summed E-state index contributed by atoms with van der Waals surface area (Å²) in [5.74, 6) is 3.31. The summed E-state index contributed by atoms with van der Waals surface area (Å²) in [5.41, 5.74) is 2.23. The summed E-state index contributed by atoms with van der Waals surface area (Å²) in [5, 5.41) is 7.46. The van der Waals surface area contributed by atoms with Crippen LogP contribution < -0.4 is 10.1 Å². The molecule has 0 aliphatic rings. The fourth-order valence-corrected chi connectivity index (χ4v) is 2.08. The van der Waals surface area contributed by atoms with Crippen LogP contribution in [0.15, 0.2) is 41.1 Å². The summed E-state index contributed by atoms with van der Waals surface area (Å²) in [6, 6.07) is 9.95. The van der Waals surface area contributed by atoms with Gasteiger partial charge in [0.25, 0.3) is 0 Å². The van der Waals surface area contributed by atoms with Crippen LogP contribution in [0.1, 0.15) is 5.56 Å². The highest BCUT2D eigenvalue weighted by Gasteiger charge is 2.02. The Morgan fingerprint density at radius 3 is 2.94 bits per heavy atom. The van der Waals surface area contributed by atoms with Gasteiger partial charge in [0, 0.05) is 23.2 Å². The Labute approximate surface area is 105 Å². The Kier molecular flexibility index (Phi) is 4.06. The summed E-state index contributed by atoms with van der Waals surface area (Å²) >= 11 is 1.67. The van der Waals surface area contributed by atoms with Gasteiger partial charge in [0.2, 0.25) is 0 Å². The van der Waals surface area contributed by atoms with E-state index in [1.807, 2.05) is 29.6 Å². The Morgan fingerprint density at radius 2 is 2.18 bits per heavy atom. The third-order valence-electron chi connectivity index (χ3n) is 2.29. The number of para-hydroxylation sites is 1. The van der Waals surface area contributed by atoms with Crippen molar-refractivity contribution in [3.8, 4) is 18.1 Å². The lowest BCUT2D eigenvalue weighted by Crippen LogP contribution is -2.02. The number of anilines is 1. The fourth-order valence-electron chi connectivity index (χ4n) is 1.47. The molecule has 0 aliphatic carbocycles. The molecule has 0 bridgehead atoms. The molecule has 1 N–H and O–H groups in total. The van der Waals surface area contributed by atoms with Crippen molar-refractivity contribution in [1.82, 2.24) is 0 Å². The summed E-state index contributed by atoms with van der Waals surface area (Å²) in [4.78, 5) is 0. The average Bonchev–Trinajstić information content (AvgIpc) is 2.88. The van der Waals surface area contributed by atoms with Crippen LogP contribution in [0.5, 0.6) is 5.75 Å². The number of hydrogen-bond acceptors (Lipinski definition) is 3. The van der Waals surface area contributed by atoms with Gasteiger partial charge in [0.15, 0.2) is 0 Å². The predicted octanol–water partition coefficient (Wildman–Crippen LogP) is 3.37. The highest BCUT2D eigenvalue weighted by atomic mass is 32.1. The van der Waals surface area contributed by atoms with Crippen molar-refractivity contribution in [3.63, 3.8) is 0 Å². The molecule has 86 valence electrons. The van der Waals surface area contributed by atoms with E-state index in [9.17, 15) is 0 Å². The molecule has 0 atom stereocenters. The highest BCUT2D eigenvalue weighted by Crippen LogP contribution is 2.20. The van der Waals surface area contributed by atoms with Gasteiger partial charge in [-0.2, -0.15) is 11.3 Å².